The lowest BCUT2D eigenvalue weighted by molar-refractivity contribution is -0.384. The number of benzene rings is 1. The molecule has 0 aliphatic heterocycles. The number of aromatic nitrogens is 2. The van der Waals surface area contributed by atoms with Crippen LogP contribution in [0.2, 0.25) is 0 Å². The molecule has 0 spiro atoms. The van der Waals surface area contributed by atoms with Crippen LogP contribution in [0.1, 0.15) is 0 Å². The van der Waals surface area contributed by atoms with Crippen molar-refractivity contribution in [2.45, 2.75) is 13.3 Å². The Morgan fingerprint density at radius 1 is 1.10 bits per heavy atom. The molecule has 1 aromatic carbocycles. The number of hydrogen-bond acceptors (Lipinski definition) is 5. The summed E-state index contributed by atoms with van der Waals surface area (Å²) in [6, 6.07) is 4.86. The molecule has 2 rings (SSSR count). The van der Waals surface area contributed by atoms with Gasteiger partial charge in [-0.2, -0.15) is 0 Å². The predicted molar refractivity (Wildman–Crippen MR) is 84.8 cm³/mol. The minimum atomic E-state index is -0.383. The molecule has 1 heterocycles. The lowest BCUT2D eigenvalue weighted by atomic mass is 10.3. The van der Waals surface area contributed by atoms with Crippen molar-refractivity contribution < 1.29 is 4.92 Å². The van der Waals surface area contributed by atoms with Crippen LogP contribution < -0.4 is 0 Å². The van der Waals surface area contributed by atoms with E-state index in [1.165, 1.54) is 6.07 Å². The third-order valence-electron chi connectivity index (χ3n) is 3.06. The van der Waals surface area contributed by atoms with Gasteiger partial charge in [0.25, 0.3) is 5.69 Å². The summed E-state index contributed by atoms with van der Waals surface area (Å²) in [4.78, 5) is 14.6. The van der Waals surface area contributed by atoms with Crippen LogP contribution in [0.4, 0.5) is 5.69 Å². The number of nitrogens with zero attached hydrogens (tertiary/aromatic N) is 5. The van der Waals surface area contributed by atoms with E-state index < -0.39 is 0 Å². The zero-order valence-corrected chi connectivity index (χ0v) is 13.4. The molecule has 0 atom stereocenters. The summed E-state index contributed by atoms with van der Waals surface area (Å²) in [6.45, 7) is 1.21. The maximum absolute atomic E-state index is 11.0. The van der Waals surface area contributed by atoms with E-state index in [-0.39, 0.29) is 10.6 Å². The van der Waals surface area contributed by atoms with Crippen molar-refractivity contribution >= 4 is 28.9 Å². The normalized spacial score (nSPS) is 11.7. The molecule has 114 valence electrons. The average molecular weight is 309 g/mol. The molecule has 21 heavy (non-hydrogen) atoms. The maximum Gasteiger partial charge on any atom is 0.271 e. The fourth-order valence-electron chi connectivity index (χ4n) is 2.26. The SMILES string of the molecule is CN(C)Cn1c(=S)n(CN(C)C)c2cc([N+](=O)[O-])ccc21. The van der Waals surface area contributed by atoms with Crippen molar-refractivity contribution in [1.82, 2.24) is 18.9 Å². The highest BCUT2D eigenvalue weighted by Gasteiger charge is 2.15. The molecule has 0 bridgehead atoms. The number of imidazole rings is 1. The quantitative estimate of drug-likeness (QED) is 0.481. The van der Waals surface area contributed by atoms with Gasteiger partial charge < -0.3 is 9.13 Å². The summed E-state index contributed by atoms with van der Waals surface area (Å²) < 4.78 is 4.56. The minimum Gasteiger partial charge on any atom is -0.303 e. The van der Waals surface area contributed by atoms with Crippen molar-refractivity contribution in [2.75, 3.05) is 28.2 Å². The Balaban J connectivity index is 2.72. The third-order valence-corrected chi connectivity index (χ3v) is 3.50. The zero-order valence-electron chi connectivity index (χ0n) is 12.6. The Morgan fingerprint density at radius 2 is 1.62 bits per heavy atom. The first-order chi connectivity index (χ1) is 9.81. The summed E-state index contributed by atoms with van der Waals surface area (Å²) in [5.74, 6) is 0. The summed E-state index contributed by atoms with van der Waals surface area (Å²) in [5, 5.41) is 11.0. The van der Waals surface area contributed by atoms with Crippen molar-refractivity contribution in [3.05, 3.63) is 33.1 Å². The summed E-state index contributed by atoms with van der Waals surface area (Å²) in [5.41, 5.74) is 1.76. The number of hydrogen-bond donors (Lipinski definition) is 0. The number of nitro benzene ring substituents is 1. The maximum atomic E-state index is 11.0. The van der Waals surface area contributed by atoms with E-state index in [2.05, 4.69) is 0 Å². The summed E-state index contributed by atoms with van der Waals surface area (Å²) in [7, 11) is 7.80. The molecule has 0 unspecified atom stereocenters. The number of non-ortho nitro benzene ring substituents is 1. The van der Waals surface area contributed by atoms with Gasteiger partial charge in [0.2, 0.25) is 0 Å². The van der Waals surface area contributed by atoms with E-state index in [1.54, 1.807) is 12.1 Å². The van der Waals surface area contributed by atoms with Crippen LogP contribution in [0.3, 0.4) is 0 Å². The molecule has 0 aliphatic carbocycles. The highest BCUT2D eigenvalue weighted by atomic mass is 32.1. The van der Waals surface area contributed by atoms with E-state index in [0.29, 0.717) is 18.1 Å². The number of rotatable bonds is 5. The fourth-order valence-corrected chi connectivity index (χ4v) is 2.57. The minimum absolute atomic E-state index is 0.0759. The molecule has 2 aromatic rings. The van der Waals surface area contributed by atoms with Crippen LogP contribution in [0, 0.1) is 14.9 Å². The second kappa shape index (κ2) is 5.92. The highest BCUT2D eigenvalue weighted by Crippen LogP contribution is 2.24. The molecule has 0 aliphatic rings. The first-order valence-corrected chi connectivity index (χ1v) is 6.89. The van der Waals surface area contributed by atoms with Crippen molar-refractivity contribution in [3.63, 3.8) is 0 Å². The van der Waals surface area contributed by atoms with Gasteiger partial charge in [-0.1, -0.05) is 0 Å². The Hall–Kier alpha value is -1.77. The van der Waals surface area contributed by atoms with Crippen LogP contribution >= 0.6 is 12.2 Å². The topological polar surface area (TPSA) is 59.5 Å². The van der Waals surface area contributed by atoms with Crippen LogP contribution in [-0.2, 0) is 13.3 Å². The first kappa shape index (κ1) is 15.6. The van der Waals surface area contributed by atoms with Gasteiger partial charge in [-0.25, -0.2) is 0 Å². The number of nitro groups is 1. The fraction of sp³-hybridized carbons (Fsp3) is 0.462. The summed E-state index contributed by atoms with van der Waals surface area (Å²) >= 11 is 5.54. The Labute approximate surface area is 128 Å². The molecular weight excluding hydrogens is 290 g/mol. The Kier molecular flexibility index (Phi) is 4.40. The molecule has 0 radical (unpaired) electrons. The van der Waals surface area contributed by atoms with Crippen molar-refractivity contribution in [3.8, 4) is 0 Å². The molecule has 0 amide bonds. The Bertz CT molecular complexity index is 732. The number of fused-ring (bicyclic) bond motifs is 1. The van der Waals surface area contributed by atoms with Crippen LogP contribution in [-0.4, -0.2) is 52.0 Å². The largest absolute Gasteiger partial charge is 0.303 e. The monoisotopic (exact) mass is 309 g/mol. The van der Waals surface area contributed by atoms with E-state index in [1.807, 2.05) is 47.1 Å². The van der Waals surface area contributed by atoms with E-state index in [4.69, 9.17) is 12.2 Å². The van der Waals surface area contributed by atoms with Gasteiger partial charge in [-0.15, -0.1) is 0 Å². The zero-order chi connectivity index (χ0) is 15.7. The molecular formula is C13H19N5O2S. The highest BCUT2D eigenvalue weighted by molar-refractivity contribution is 7.71. The predicted octanol–water partition coefficient (Wildman–Crippen LogP) is 2.12. The third kappa shape index (κ3) is 3.12. The van der Waals surface area contributed by atoms with Gasteiger partial charge in [0.15, 0.2) is 4.77 Å². The second-order valence-electron chi connectivity index (χ2n) is 5.51. The van der Waals surface area contributed by atoms with Gasteiger partial charge in [-0.05, 0) is 46.5 Å². The molecule has 7 nitrogen and oxygen atoms in total. The standard InChI is InChI=1S/C13H19N5O2S/c1-14(2)8-16-11-6-5-10(18(19)20)7-12(11)17(13(16)21)9-15(3)4/h5-7H,8-9H2,1-4H3. The molecule has 1 aromatic heterocycles. The second-order valence-corrected chi connectivity index (χ2v) is 5.88. The first-order valence-electron chi connectivity index (χ1n) is 6.48. The molecule has 0 fully saturated rings. The summed E-state index contributed by atoms with van der Waals surface area (Å²) in [6.07, 6.45) is 0. The molecule has 8 heteroatoms. The van der Waals surface area contributed by atoms with Gasteiger partial charge >= 0.3 is 0 Å². The average Bonchev–Trinajstić information content (AvgIpc) is 2.63. The van der Waals surface area contributed by atoms with Gasteiger partial charge in [0, 0.05) is 12.1 Å². The lowest BCUT2D eigenvalue weighted by Crippen LogP contribution is -2.19. The van der Waals surface area contributed by atoms with Crippen molar-refractivity contribution in [2.24, 2.45) is 0 Å². The van der Waals surface area contributed by atoms with Crippen LogP contribution in [0.5, 0.6) is 0 Å². The van der Waals surface area contributed by atoms with E-state index in [0.717, 1.165) is 11.0 Å². The molecule has 0 N–H and O–H groups in total. The van der Waals surface area contributed by atoms with Gasteiger partial charge in [0.05, 0.1) is 29.3 Å². The van der Waals surface area contributed by atoms with E-state index >= 15 is 0 Å². The molecule has 0 saturated carbocycles. The smallest absolute Gasteiger partial charge is 0.271 e. The Morgan fingerprint density at radius 3 is 2.10 bits per heavy atom. The van der Waals surface area contributed by atoms with E-state index in [9.17, 15) is 10.1 Å². The van der Waals surface area contributed by atoms with Gasteiger partial charge in [0.1, 0.15) is 0 Å². The van der Waals surface area contributed by atoms with Gasteiger partial charge in [-0.3, -0.25) is 19.9 Å². The molecule has 0 saturated heterocycles. The lowest BCUT2D eigenvalue weighted by Gasteiger charge is -2.12. The van der Waals surface area contributed by atoms with Crippen LogP contribution in [0.15, 0.2) is 18.2 Å². The van der Waals surface area contributed by atoms with Crippen molar-refractivity contribution in [1.29, 1.82) is 0 Å². The van der Waals surface area contributed by atoms with Crippen LogP contribution in [0.25, 0.3) is 11.0 Å².